The molecule has 0 spiro atoms. The summed E-state index contributed by atoms with van der Waals surface area (Å²) < 4.78 is 0. The second-order valence-electron chi connectivity index (χ2n) is 6.77. The molecule has 0 radical (unpaired) electrons. The average Bonchev–Trinajstić information content (AvgIpc) is 2.40. The lowest BCUT2D eigenvalue weighted by Gasteiger charge is -2.33. The van der Waals surface area contributed by atoms with Crippen molar-refractivity contribution < 1.29 is 0 Å². The van der Waals surface area contributed by atoms with Gasteiger partial charge in [-0.1, -0.05) is 41.0 Å². The molecule has 0 fully saturated rings. The zero-order valence-electron chi connectivity index (χ0n) is 14.0. The van der Waals surface area contributed by atoms with E-state index in [0.717, 1.165) is 0 Å². The zero-order valence-corrected chi connectivity index (χ0v) is 14.0. The van der Waals surface area contributed by atoms with Gasteiger partial charge in [0.1, 0.15) is 0 Å². The highest BCUT2D eigenvalue weighted by Crippen LogP contribution is 2.41. The molecule has 1 atom stereocenters. The summed E-state index contributed by atoms with van der Waals surface area (Å²) >= 11 is 0. The maximum Gasteiger partial charge on any atom is -0.00804 e. The summed E-state index contributed by atoms with van der Waals surface area (Å²) in [5.41, 5.74) is 4.87. The first-order chi connectivity index (χ1) is 9.47. The van der Waals surface area contributed by atoms with Gasteiger partial charge in [0.05, 0.1) is 0 Å². The fourth-order valence-electron chi connectivity index (χ4n) is 2.90. The standard InChI is InChI=1S/C20H32/c1-6-20(14-8-10-18(4)5)15-12-19(13-16-20)11-7-9-17(2)3/h6,9-10,12H,1,7-8,11,13-16H2,2-5H3. The van der Waals surface area contributed by atoms with Gasteiger partial charge in [0.15, 0.2) is 0 Å². The third-order valence-corrected chi connectivity index (χ3v) is 4.39. The Morgan fingerprint density at radius 1 is 1.15 bits per heavy atom. The van der Waals surface area contributed by atoms with E-state index in [-0.39, 0.29) is 0 Å². The normalized spacial score (nSPS) is 21.9. The Labute approximate surface area is 126 Å². The van der Waals surface area contributed by atoms with Crippen molar-refractivity contribution in [2.75, 3.05) is 0 Å². The molecule has 0 saturated heterocycles. The van der Waals surface area contributed by atoms with Crippen LogP contribution in [0.3, 0.4) is 0 Å². The molecule has 0 heterocycles. The van der Waals surface area contributed by atoms with Crippen LogP contribution in [0, 0.1) is 5.41 Å². The highest BCUT2D eigenvalue weighted by atomic mass is 14.3. The fraction of sp³-hybridized carbons (Fsp3) is 0.600. The quantitative estimate of drug-likeness (QED) is 0.449. The molecule has 0 aliphatic heterocycles. The molecule has 0 nitrogen and oxygen atoms in total. The van der Waals surface area contributed by atoms with Crippen molar-refractivity contribution in [2.45, 2.75) is 72.6 Å². The minimum atomic E-state index is 0.353. The van der Waals surface area contributed by atoms with Crippen molar-refractivity contribution in [1.29, 1.82) is 0 Å². The van der Waals surface area contributed by atoms with Gasteiger partial charge in [-0.2, -0.15) is 0 Å². The third kappa shape index (κ3) is 5.94. The van der Waals surface area contributed by atoms with Crippen LogP contribution in [0.1, 0.15) is 72.6 Å². The lowest BCUT2D eigenvalue weighted by atomic mass is 9.71. The molecule has 0 N–H and O–H groups in total. The van der Waals surface area contributed by atoms with Crippen molar-refractivity contribution in [3.05, 3.63) is 47.6 Å². The Balaban J connectivity index is 2.50. The Morgan fingerprint density at radius 2 is 1.80 bits per heavy atom. The monoisotopic (exact) mass is 272 g/mol. The van der Waals surface area contributed by atoms with Crippen LogP contribution >= 0.6 is 0 Å². The molecular formula is C20H32. The van der Waals surface area contributed by atoms with Crippen LogP contribution in [0.25, 0.3) is 0 Å². The van der Waals surface area contributed by atoms with Crippen LogP contribution in [0.2, 0.25) is 0 Å². The van der Waals surface area contributed by atoms with Gasteiger partial charge in [-0.3, -0.25) is 0 Å². The van der Waals surface area contributed by atoms with E-state index in [1.54, 1.807) is 5.57 Å². The molecule has 20 heavy (non-hydrogen) atoms. The largest absolute Gasteiger partial charge is 0.103 e. The molecule has 1 rings (SSSR count). The van der Waals surface area contributed by atoms with E-state index in [1.807, 2.05) is 0 Å². The first-order valence-electron chi connectivity index (χ1n) is 8.06. The van der Waals surface area contributed by atoms with Crippen LogP contribution in [0.15, 0.2) is 47.6 Å². The Kier molecular flexibility index (Phi) is 7.05. The second-order valence-corrected chi connectivity index (χ2v) is 6.77. The van der Waals surface area contributed by atoms with Gasteiger partial charge in [-0.15, -0.1) is 6.58 Å². The van der Waals surface area contributed by atoms with Crippen LogP contribution in [-0.2, 0) is 0 Å². The maximum atomic E-state index is 4.11. The first kappa shape index (κ1) is 17.0. The topological polar surface area (TPSA) is 0 Å². The summed E-state index contributed by atoms with van der Waals surface area (Å²) in [7, 11) is 0. The number of hydrogen-bond acceptors (Lipinski definition) is 0. The Bertz CT molecular complexity index is 398. The highest BCUT2D eigenvalue weighted by molar-refractivity contribution is 5.15. The molecule has 0 aromatic rings. The summed E-state index contributed by atoms with van der Waals surface area (Å²) in [6.45, 7) is 12.8. The van der Waals surface area contributed by atoms with Gasteiger partial charge in [0.25, 0.3) is 0 Å². The number of hydrogen-bond donors (Lipinski definition) is 0. The summed E-state index contributed by atoms with van der Waals surface area (Å²) in [4.78, 5) is 0. The molecule has 0 bridgehead atoms. The molecular weight excluding hydrogens is 240 g/mol. The first-order valence-corrected chi connectivity index (χ1v) is 8.06. The van der Waals surface area contributed by atoms with Gasteiger partial charge in [0.2, 0.25) is 0 Å². The van der Waals surface area contributed by atoms with Crippen LogP contribution in [0.5, 0.6) is 0 Å². The van der Waals surface area contributed by atoms with E-state index in [4.69, 9.17) is 0 Å². The van der Waals surface area contributed by atoms with Crippen LogP contribution < -0.4 is 0 Å². The fourth-order valence-corrected chi connectivity index (χ4v) is 2.90. The predicted molar refractivity (Wildman–Crippen MR) is 91.9 cm³/mol. The van der Waals surface area contributed by atoms with E-state index < -0.39 is 0 Å². The van der Waals surface area contributed by atoms with E-state index >= 15 is 0 Å². The summed E-state index contributed by atoms with van der Waals surface area (Å²) in [5.74, 6) is 0. The lowest BCUT2D eigenvalue weighted by molar-refractivity contribution is 0.313. The molecule has 0 aromatic carbocycles. The van der Waals surface area contributed by atoms with Crippen LogP contribution in [0.4, 0.5) is 0 Å². The van der Waals surface area contributed by atoms with Crippen molar-refractivity contribution in [3.8, 4) is 0 Å². The van der Waals surface area contributed by atoms with Crippen LogP contribution in [-0.4, -0.2) is 0 Å². The molecule has 112 valence electrons. The molecule has 0 aromatic heterocycles. The Morgan fingerprint density at radius 3 is 2.30 bits per heavy atom. The van der Waals surface area contributed by atoms with Gasteiger partial charge in [-0.25, -0.2) is 0 Å². The summed E-state index contributed by atoms with van der Waals surface area (Å²) in [6, 6.07) is 0. The molecule has 0 heteroatoms. The molecule has 1 aliphatic rings. The van der Waals surface area contributed by atoms with Gasteiger partial charge >= 0.3 is 0 Å². The van der Waals surface area contributed by atoms with Gasteiger partial charge in [0, 0.05) is 0 Å². The summed E-state index contributed by atoms with van der Waals surface area (Å²) in [6.07, 6.45) is 18.0. The minimum Gasteiger partial charge on any atom is -0.103 e. The van der Waals surface area contributed by atoms with Crippen molar-refractivity contribution >= 4 is 0 Å². The van der Waals surface area contributed by atoms with Gasteiger partial charge < -0.3 is 0 Å². The smallest absolute Gasteiger partial charge is 0.00804 e. The third-order valence-electron chi connectivity index (χ3n) is 4.39. The van der Waals surface area contributed by atoms with E-state index in [1.165, 1.54) is 56.1 Å². The molecule has 1 unspecified atom stereocenters. The number of rotatable bonds is 7. The van der Waals surface area contributed by atoms with Crippen molar-refractivity contribution in [2.24, 2.45) is 5.41 Å². The highest BCUT2D eigenvalue weighted by Gasteiger charge is 2.27. The SMILES string of the molecule is C=CC1(CCC=C(C)C)CC=C(CCC=C(C)C)CC1. The van der Waals surface area contributed by atoms with Gasteiger partial charge in [-0.05, 0) is 78.1 Å². The Hall–Kier alpha value is -1.04. The van der Waals surface area contributed by atoms with E-state index in [0.29, 0.717) is 5.41 Å². The van der Waals surface area contributed by atoms with E-state index in [2.05, 4.69) is 58.6 Å². The zero-order chi connectivity index (χ0) is 15.0. The number of allylic oxidation sites excluding steroid dienone is 7. The molecule has 1 aliphatic carbocycles. The minimum absolute atomic E-state index is 0.353. The molecule has 0 saturated carbocycles. The van der Waals surface area contributed by atoms with E-state index in [9.17, 15) is 0 Å². The summed E-state index contributed by atoms with van der Waals surface area (Å²) in [5, 5.41) is 0. The average molecular weight is 272 g/mol. The molecule has 0 amide bonds. The van der Waals surface area contributed by atoms with Crippen molar-refractivity contribution in [3.63, 3.8) is 0 Å². The second kappa shape index (κ2) is 8.29. The maximum absolute atomic E-state index is 4.11. The lowest BCUT2D eigenvalue weighted by Crippen LogP contribution is -2.20. The van der Waals surface area contributed by atoms with Crippen molar-refractivity contribution in [1.82, 2.24) is 0 Å². The predicted octanol–water partition coefficient (Wildman–Crippen LogP) is 6.76.